The van der Waals surface area contributed by atoms with Gasteiger partial charge in [0.25, 0.3) is 5.91 Å². The van der Waals surface area contributed by atoms with E-state index in [9.17, 15) is 19.2 Å². The smallest absolute Gasteiger partial charge is 0.338 e. The highest BCUT2D eigenvalue weighted by Gasteiger charge is 2.44. The van der Waals surface area contributed by atoms with Gasteiger partial charge in [-0.05, 0) is 61.2 Å². The second kappa shape index (κ2) is 11.0. The Labute approximate surface area is 207 Å². The predicted octanol–water partition coefficient (Wildman–Crippen LogP) is 4.33. The van der Waals surface area contributed by atoms with Crippen LogP contribution in [0.3, 0.4) is 0 Å². The largest absolute Gasteiger partial charge is 0.462 e. The van der Waals surface area contributed by atoms with Gasteiger partial charge in [0, 0.05) is 17.1 Å². The number of amides is 4. The minimum atomic E-state index is -0.934. The number of benzene rings is 2. The van der Waals surface area contributed by atoms with Gasteiger partial charge in [-0.3, -0.25) is 9.59 Å². The molecule has 0 spiro atoms. The number of imide groups is 1. The van der Waals surface area contributed by atoms with E-state index in [-0.39, 0.29) is 19.6 Å². The topological polar surface area (TPSA) is 96.0 Å². The number of hydrogen-bond donors (Lipinski definition) is 1. The van der Waals surface area contributed by atoms with Crippen LogP contribution in [0.5, 0.6) is 0 Å². The van der Waals surface area contributed by atoms with Gasteiger partial charge < -0.3 is 15.0 Å². The number of carbonyl (C=O) groups is 4. The number of rotatable bonds is 8. The molecule has 35 heavy (non-hydrogen) atoms. The number of hydrogen-bond acceptors (Lipinski definition) is 6. The summed E-state index contributed by atoms with van der Waals surface area (Å²) in [5, 5.41) is 4.78. The second-order valence-electron chi connectivity index (χ2n) is 7.87. The van der Waals surface area contributed by atoms with Crippen LogP contribution in [0.15, 0.2) is 72.1 Å². The van der Waals surface area contributed by atoms with Crippen molar-refractivity contribution in [3.05, 3.63) is 82.6 Å². The van der Waals surface area contributed by atoms with Gasteiger partial charge in [0.15, 0.2) is 0 Å². The fourth-order valence-electron chi connectivity index (χ4n) is 3.89. The molecule has 2 aromatic carbocycles. The average molecular weight is 492 g/mol. The summed E-state index contributed by atoms with van der Waals surface area (Å²) < 4.78 is 4.98. The van der Waals surface area contributed by atoms with Crippen molar-refractivity contribution in [2.24, 2.45) is 0 Å². The van der Waals surface area contributed by atoms with Gasteiger partial charge >= 0.3 is 12.0 Å². The van der Waals surface area contributed by atoms with Crippen LogP contribution in [0.25, 0.3) is 0 Å². The molecular formula is C26H25N3O5S. The third-order valence-electron chi connectivity index (χ3n) is 5.60. The molecule has 8 nitrogen and oxygen atoms in total. The summed E-state index contributed by atoms with van der Waals surface area (Å²) in [6.45, 7) is 2.24. The van der Waals surface area contributed by atoms with Crippen molar-refractivity contribution in [3.8, 4) is 0 Å². The first-order chi connectivity index (χ1) is 17.0. The number of esters is 1. The summed E-state index contributed by atoms with van der Waals surface area (Å²) in [5.74, 6) is -1.36. The molecule has 180 valence electrons. The van der Waals surface area contributed by atoms with Gasteiger partial charge in [-0.2, -0.15) is 0 Å². The Morgan fingerprint density at radius 1 is 1.06 bits per heavy atom. The number of anilines is 2. The van der Waals surface area contributed by atoms with Gasteiger partial charge in [0.1, 0.15) is 6.04 Å². The number of nitrogens with zero attached hydrogens (tertiary/aromatic N) is 2. The number of para-hydroxylation sites is 1. The molecule has 1 fully saturated rings. The van der Waals surface area contributed by atoms with Crippen LogP contribution in [0.4, 0.5) is 16.2 Å². The maximum absolute atomic E-state index is 13.4. The predicted molar refractivity (Wildman–Crippen MR) is 133 cm³/mol. The molecule has 1 unspecified atom stereocenters. The molecule has 0 aliphatic carbocycles. The van der Waals surface area contributed by atoms with Gasteiger partial charge in [-0.1, -0.05) is 24.3 Å². The minimum Gasteiger partial charge on any atom is -0.462 e. The molecule has 1 aliphatic rings. The molecule has 3 aromatic rings. The van der Waals surface area contributed by atoms with E-state index in [1.54, 1.807) is 42.5 Å². The minimum absolute atomic E-state index is 0.120. The lowest BCUT2D eigenvalue weighted by Crippen LogP contribution is -2.48. The zero-order valence-corrected chi connectivity index (χ0v) is 20.0. The van der Waals surface area contributed by atoms with E-state index in [4.69, 9.17) is 4.74 Å². The maximum atomic E-state index is 13.4. The maximum Gasteiger partial charge on any atom is 0.338 e. The summed E-state index contributed by atoms with van der Waals surface area (Å²) >= 11 is 1.57. The van der Waals surface area contributed by atoms with E-state index in [2.05, 4.69) is 5.32 Å². The fourth-order valence-corrected chi connectivity index (χ4v) is 4.59. The molecule has 1 aromatic heterocycles. The fraction of sp³-hybridized carbons (Fsp3) is 0.231. The van der Waals surface area contributed by atoms with Crippen LogP contribution in [-0.2, 0) is 20.7 Å². The first-order valence-electron chi connectivity index (χ1n) is 11.3. The summed E-state index contributed by atoms with van der Waals surface area (Å²) in [6.07, 6.45) is 0.442. The Morgan fingerprint density at radius 3 is 2.46 bits per heavy atom. The van der Waals surface area contributed by atoms with E-state index >= 15 is 0 Å². The summed E-state index contributed by atoms with van der Waals surface area (Å²) in [5.41, 5.74) is 1.27. The quantitative estimate of drug-likeness (QED) is 0.374. The number of nitrogens with one attached hydrogen (secondary N) is 1. The van der Waals surface area contributed by atoms with Crippen LogP contribution in [0, 0.1) is 0 Å². The van der Waals surface area contributed by atoms with Crippen LogP contribution in [0.2, 0.25) is 0 Å². The van der Waals surface area contributed by atoms with E-state index in [0.29, 0.717) is 23.4 Å². The third kappa shape index (κ3) is 5.58. The second-order valence-corrected chi connectivity index (χ2v) is 8.91. The highest BCUT2D eigenvalue weighted by molar-refractivity contribution is 7.09. The van der Waals surface area contributed by atoms with Crippen LogP contribution in [-0.4, -0.2) is 47.9 Å². The molecule has 1 N–H and O–H groups in total. The van der Waals surface area contributed by atoms with Gasteiger partial charge in [0.05, 0.1) is 24.3 Å². The molecule has 0 saturated carbocycles. The molecule has 0 radical (unpaired) electrons. The zero-order valence-electron chi connectivity index (χ0n) is 19.2. The highest BCUT2D eigenvalue weighted by Crippen LogP contribution is 2.27. The summed E-state index contributed by atoms with van der Waals surface area (Å²) in [4.78, 5) is 55.0. The molecule has 1 aliphatic heterocycles. The third-order valence-corrected chi connectivity index (χ3v) is 6.54. The number of thiophene rings is 1. The normalized spacial score (nSPS) is 15.2. The van der Waals surface area contributed by atoms with Crippen LogP contribution < -0.4 is 10.2 Å². The molecule has 9 heteroatoms. The van der Waals surface area contributed by atoms with Gasteiger partial charge in [-0.25, -0.2) is 14.5 Å². The van der Waals surface area contributed by atoms with E-state index in [1.807, 2.05) is 23.6 Å². The molecule has 0 bridgehead atoms. The van der Waals surface area contributed by atoms with Crippen molar-refractivity contribution >= 4 is 46.5 Å². The van der Waals surface area contributed by atoms with Crippen LogP contribution in [0.1, 0.15) is 28.6 Å². The van der Waals surface area contributed by atoms with Gasteiger partial charge in [-0.15, -0.1) is 11.3 Å². The zero-order chi connectivity index (χ0) is 24.8. The lowest BCUT2D eigenvalue weighted by atomic mass is 10.2. The molecule has 2 heterocycles. The monoisotopic (exact) mass is 491 g/mol. The van der Waals surface area contributed by atoms with E-state index in [0.717, 1.165) is 9.78 Å². The Kier molecular flexibility index (Phi) is 7.57. The molecule has 1 saturated heterocycles. The Hall–Kier alpha value is -3.98. The first-order valence-corrected chi connectivity index (χ1v) is 12.1. The molecular weight excluding hydrogens is 466 g/mol. The van der Waals surface area contributed by atoms with Crippen LogP contribution >= 0.6 is 11.3 Å². The van der Waals surface area contributed by atoms with Crippen molar-refractivity contribution in [1.29, 1.82) is 0 Å². The Bertz CT molecular complexity index is 1200. The summed E-state index contributed by atoms with van der Waals surface area (Å²) in [7, 11) is 0. The lowest BCUT2D eigenvalue weighted by molar-refractivity contribution is -0.122. The average Bonchev–Trinajstić information content (AvgIpc) is 3.48. The molecule has 1 atom stereocenters. The van der Waals surface area contributed by atoms with Crippen molar-refractivity contribution in [1.82, 2.24) is 4.90 Å². The van der Waals surface area contributed by atoms with E-state index < -0.39 is 29.9 Å². The number of urea groups is 1. The van der Waals surface area contributed by atoms with Crippen molar-refractivity contribution in [2.75, 3.05) is 23.4 Å². The number of carbonyl (C=O) groups excluding carboxylic acids is 4. The van der Waals surface area contributed by atoms with Crippen molar-refractivity contribution in [3.63, 3.8) is 0 Å². The summed E-state index contributed by atoms with van der Waals surface area (Å²) in [6, 6.07) is 17.6. The highest BCUT2D eigenvalue weighted by atomic mass is 32.1. The van der Waals surface area contributed by atoms with Crippen molar-refractivity contribution in [2.45, 2.75) is 25.8 Å². The number of ether oxygens (including phenoxy) is 1. The first kappa shape index (κ1) is 24.2. The van der Waals surface area contributed by atoms with Gasteiger partial charge in [0.2, 0.25) is 5.91 Å². The molecule has 4 rings (SSSR count). The lowest BCUT2D eigenvalue weighted by Gasteiger charge is -2.27. The molecule has 4 amide bonds. The SMILES string of the molecule is CCOC(=O)c1ccc(N2C(=O)CC(N(CCc3cccs3)C(=O)Nc3ccccc3)C2=O)cc1. The Balaban J connectivity index is 1.54. The van der Waals surface area contributed by atoms with E-state index in [1.165, 1.54) is 29.2 Å². The Morgan fingerprint density at radius 2 is 1.80 bits per heavy atom. The van der Waals surface area contributed by atoms with Crippen molar-refractivity contribution < 1.29 is 23.9 Å². The standard InChI is InChI=1S/C26H25N3O5S/c1-2-34-25(32)18-10-12-20(13-11-18)29-23(30)17-22(24(29)31)28(15-14-21-9-6-16-35-21)26(33)27-19-7-4-3-5-8-19/h3-13,16,22H,2,14-15,17H2,1H3,(H,27,33).